The molecule has 0 bridgehead atoms. The molecular formula is C13H16N2O5S. The van der Waals surface area contributed by atoms with Crippen molar-refractivity contribution >= 4 is 29.3 Å². The number of nitrogens with zero attached hydrogens (tertiary/aromatic N) is 1. The second-order valence-electron chi connectivity index (χ2n) is 4.35. The number of hydrogen-bond donors (Lipinski definition) is 2. The summed E-state index contributed by atoms with van der Waals surface area (Å²) < 4.78 is 0. The first kappa shape index (κ1) is 17.0. The smallest absolute Gasteiger partial charge is 0.326 e. The van der Waals surface area contributed by atoms with Gasteiger partial charge in [-0.25, -0.2) is 4.79 Å². The third-order valence-electron chi connectivity index (χ3n) is 2.96. The Bertz CT molecular complexity index is 561. The normalized spacial score (nSPS) is 11.7. The van der Waals surface area contributed by atoms with Gasteiger partial charge < -0.3 is 10.4 Å². The number of thioether (sulfide) groups is 1. The minimum Gasteiger partial charge on any atom is -0.480 e. The second kappa shape index (κ2) is 7.63. The number of carboxylic acids is 1. The molecule has 7 nitrogen and oxygen atoms in total. The lowest BCUT2D eigenvalue weighted by atomic mass is 10.1. The number of hydrogen-bond acceptors (Lipinski definition) is 5. The van der Waals surface area contributed by atoms with Crippen molar-refractivity contribution in [1.29, 1.82) is 0 Å². The molecule has 1 aromatic carbocycles. The number of carboxylic acid groups (broad SMARTS) is 1. The minimum atomic E-state index is -1.12. The van der Waals surface area contributed by atoms with Crippen molar-refractivity contribution in [2.45, 2.75) is 19.4 Å². The summed E-state index contributed by atoms with van der Waals surface area (Å²) in [6, 6.07) is 3.13. The molecule has 0 aromatic heterocycles. The Morgan fingerprint density at radius 1 is 1.48 bits per heavy atom. The summed E-state index contributed by atoms with van der Waals surface area (Å²) in [6.07, 6.45) is 2.13. The zero-order chi connectivity index (χ0) is 16.0. The summed E-state index contributed by atoms with van der Waals surface area (Å²) in [4.78, 5) is 33.5. The molecule has 0 saturated heterocycles. The number of nitro benzene ring substituents is 1. The topological polar surface area (TPSA) is 110 Å². The van der Waals surface area contributed by atoms with Crippen LogP contribution in [0.25, 0.3) is 0 Å². The zero-order valence-corrected chi connectivity index (χ0v) is 12.5. The number of benzene rings is 1. The van der Waals surface area contributed by atoms with Gasteiger partial charge in [-0.05, 0) is 31.4 Å². The Morgan fingerprint density at radius 2 is 2.14 bits per heavy atom. The molecular weight excluding hydrogens is 296 g/mol. The van der Waals surface area contributed by atoms with Crippen molar-refractivity contribution in [2.75, 3.05) is 12.0 Å². The molecule has 1 amide bonds. The molecule has 0 saturated carbocycles. The average molecular weight is 312 g/mol. The number of nitro groups is 1. The van der Waals surface area contributed by atoms with Crippen LogP contribution in [0, 0.1) is 17.0 Å². The van der Waals surface area contributed by atoms with E-state index in [-0.39, 0.29) is 23.2 Å². The van der Waals surface area contributed by atoms with Crippen molar-refractivity contribution in [3.05, 3.63) is 39.4 Å². The molecule has 1 rings (SSSR count). The van der Waals surface area contributed by atoms with Gasteiger partial charge in [-0.3, -0.25) is 14.9 Å². The zero-order valence-electron chi connectivity index (χ0n) is 11.7. The highest BCUT2D eigenvalue weighted by atomic mass is 32.2. The lowest BCUT2D eigenvalue weighted by Gasteiger charge is -2.14. The Balaban J connectivity index is 2.95. The predicted molar refractivity (Wildman–Crippen MR) is 79.7 cm³/mol. The molecule has 0 aliphatic carbocycles. The van der Waals surface area contributed by atoms with Gasteiger partial charge in [0.05, 0.1) is 4.92 Å². The van der Waals surface area contributed by atoms with Gasteiger partial charge in [-0.1, -0.05) is 6.07 Å². The van der Waals surface area contributed by atoms with E-state index in [1.165, 1.54) is 36.9 Å². The maximum Gasteiger partial charge on any atom is 0.326 e. The van der Waals surface area contributed by atoms with E-state index in [1.54, 1.807) is 0 Å². The summed E-state index contributed by atoms with van der Waals surface area (Å²) in [5, 5.41) is 22.3. The monoisotopic (exact) mass is 312 g/mol. The third-order valence-corrected chi connectivity index (χ3v) is 3.60. The highest BCUT2D eigenvalue weighted by molar-refractivity contribution is 7.98. The number of rotatable bonds is 7. The number of carbonyl (C=O) groups is 2. The van der Waals surface area contributed by atoms with Crippen molar-refractivity contribution < 1.29 is 19.6 Å². The molecule has 1 atom stereocenters. The first-order valence-corrected chi connectivity index (χ1v) is 7.54. The van der Waals surface area contributed by atoms with E-state index < -0.39 is 22.8 Å². The molecule has 114 valence electrons. The molecule has 8 heteroatoms. The molecule has 2 N–H and O–H groups in total. The summed E-state index contributed by atoms with van der Waals surface area (Å²) in [7, 11) is 0. The van der Waals surface area contributed by atoms with Crippen molar-refractivity contribution in [3.8, 4) is 0 Å². The van der Waals surface area contributed by atoms with Crippen molar-refractivity contribution in [3.63, 3.8) is 0 Å². The van der Waals surface area contributed by atoms with Gasteiger partial charge in [0, 0.05) is 17.2 Å². The Morgan fingerprint density at radius 3 is 2.67 bits per heavy atom. The van der Waals surface area contributed by atoms with Gasteiger partial charge in [0.25, 0.3) is 11.6 Å². The highest BCUT2D eigenvalue weighted by Crippen LogP contribution is 2.21. The first-order chi connectivity index (χ1) is 9.88. The second-order valence-corrected chi connectivity index (χ2v) is 5.34. The van der Waals surface area contributed by atoms with Gasteiger partial charge in [0.15, 0.2) is 0 Å². The highest BCUT2D eigenvalue weighted by Gasteiger charge is 2.23. The van der Waals surface area contributed by atoms with E-state index >= 15 is 0 Å². The van der Waals surface area contributed by atoms with E-state index in [0.29, 0.717) is 5.75 Å². The number of aliphatic carboxylic acids is 1. The van der Waals surface area contributed by atoms with Crippen LogP contribution in [0.3, 0.4) is 0 Å². The van der Waals surface area contributed by atoms with Crippen LogP contribution in [-0.2, 0) is 4.79 Å². The van der Waals surface area contributed by atoms with E-state index in [9.17, 15) is 19.7 Å². The molecule has 0 heterocycles. The van der Waals surface area contributed by atoms with Crippen molar-refractivity contribution in [1.82, 2.24) is 5.32 Å². The standard InChI is InChI=1S/C13H16N2O5S/c1-8-9(4-3-5-11(8)15(19)20)12(16)14-10(13(17)18)6-7-21-2/h3-5,10H,6-7H2,1-2H3,(H,14,16)(H,17,18). The van der Waals surface area contributed by atoms with Gasteiger partial charge in [0.1, 0.15) is 6.04 Å². The molecule has 1 aromatic rings. The number of nitrogens with one attached hydrogen (secondary N) is 1. The van der Waals surface area contributed by atoms with Crippen LogP contribution in [0.15, 0.2) is 18.2 Å². The van der Waals surface area contributed by atoms with Gasteiger partial charge in [-0.2, -0.15) is 11.8 Å². The minimum absolute atomic E-state index is 0.111. The fourth-order valence-corrected chi connectivity index (χ4v) is 2.27. The maximum atomic E-state index is 12.1. The fraction of sp³-hybridized carbons (Fsp3) is 0.385. The average Bonchev–Trinajstić information content (AvgIpc) is 2.42. The van der Waals surface area contributed by atoms with Crippen molar-refractivity contribution in [2.24, 2.45) is 0 Å². The quantitative estimate of drug-likeness (QED) is 0.587. The van der Waals surface area contributed by atoms with Crippen LogP contribution >= 0.6 is 11.8 Å². The molecule has 0 fully saturated rings. The summed E-state index contributed by atoms with van der Waals surface area (Å²) in [6.45, 7) is 1.46. The maximum absolute atomic E-state index is 12.1. The number of amides is 1. The van der Waals surface area contributed by atoms with Crippen LogP contribution in [-0.4, -0.2) is 40.0 Å². The largest absolute Gasteiger partial charge is 0.480 e. The van der Waals surface area contributed by atoms with Gasteiger partial charge >= 0.3 is 5.97 Å². The first-order valence-electron chi connectivity index (χ1n) is 6.15. The van der Waals surface area contributed by atoms with E-state index in [4.69, 9.17) is 5.11 Å². The van der Waals surface area contributed by atoms with E-state index in [0.717, 1.165) is 0 Å². The lowest BCUT2D eigenvalue weighted by Crippen LogP contribution is -2.41. The molecule has 0 spiro atoms. The molecule has 0 aliphatic rings. The molecule has 1 unspecified atom stereocenters. The Kier molecular flexibility index (Phi) is 6.16. The van der Waals surface area contributed by atoms with E-state index in [2.05, 4.69) is 5.32 Å². The Labute approximate surface area is 125 Å². The van der Waals surface area contributed by atoms with Crippen LogP contribution in [0.1, 0.15) is 22.3 Å². The SMILES string of the molecule is CSCCC(NC(=O)c1cccc([N+](=O)[O-])c1C)C(=O)O. The summed E-state index contributed by atoms with van der Waals surface area (Å²) >= 11 is 1.48. The van der Waals surface area contributed by atoms with Crippen LogP contribution in [0.4, 0.5) is 5.69 Å². The molecule has 0 radical (unpaired) electrons. The summed E-state index contributed by atoms with van der Waals surface area (Å²) in [5.41, 5.74) is 0.159. The lowest BCUT2D eigenvalue weighted by molar-refractivity contribution is -0.385. The fourth-order valence-electron chi connectivity index (χ4n) is 1.80. The molecule has 21 heavy (non-hydrogen) atoms. The van der Waals surface area contributed by atoms with Crippen LogP contribution in [0.2, 0.25) is 0 Å². The number of carbonyl (C=O) groups excluding carboxylic acids is 1. The third kappa shape index (κ3) is 4.45. The van der Waals surface area contributed by atoms with Crippen LogP contribution < -0.4 is 5.32 Å². The van der Waals surface area contributed by atoms with E-state index in [1.807, 2.05) is 6.26 Å². The van der Waals surface area contributed by atoms with Crippen LogP contribution in [0.5, 0.6) is 0 Å². The molecule has 0 aliphatic heterocycles. The van der Waals surface area contributed by atoms with Gasteiger partial charge in [0.2, 0.25) is 0 Å². The predicted octanol–water partition coefficient (Wildman–Crippen LogP) is 1.84. The van der Waals surface area contributed by atoms with Gasteiger partial charge in [-0.15, -0.1) is 0 Å². The Hall–Kier alpha value is -2.09. The summed E-state index contributed by atoms with van der Waals surface area (Å²) in [5.74, 6) is -1.16.